The van der Waals surface area contributed by atoms with Crippen molar-refractivity contribution in [3.05, 3.63) is 46.7 Å². The smallest absolute Gasteiger partial charge is 0.480 e. The number of carbonyl (C=O) groups is 3. The van der Waals surface area contributed by atoms with E-state index < -0.39 is 61.0 Å². The molecule has 1 aromatic rings. The quantitative estimate of drug-likeness (QED) is 0.137. The number of alkyl halides is 3. The lowest BCUT2D eigenvalue weighted by atomic mass is 9.92. The first-order chi connectivity index (χ1) is 17.6. The number of aliphatic hydroxyl groups is 3. The molecule has 13 nitrogen and oxygen atoms in total. The minimum absolute atomic E-state index is 0.134. The predicted molar refractivity (Wildman–Crippen MR) is 126 cm³/mol. The summed E-state index contributed by atoms with van der Waals surface area (Å²) >= 11 is 5.94. The molecule has 0 aliphatic carbocycles. The van der Waals surface area contributed by atoms with Crippen LogP contribution >= 0.6 is 11.6 Å². The Morgan fingerprint density at radius 3 is 2.32 bits per heavy atom. The minimum Gasteiger partial charge on any atom is -0.480 e. The number of carboxylic acid groups (broad SMARTS) is 1. The average Bonchev–Trinajstić information content (AvgIpc) is 2.81. The number of carbonyl (C=O) groups excluding carboxylic acids is 2. The van der Waals surface area contributed by atoms with Gasteiger partial charge in [-0.3, -0.25) is 9.59 Å². The van der Waals surface area contributed by atoms with Gasteiger partial charge in [0.05, 0.1) is 18.7 Å². The van der Waals surface area contributed by atoms with Gasteiger partial charge in [-0.1, -0.05) is 23.7 Å². The standard InChI is InChI=1S/C19H26ClN5O6.C2HF3O2/c1-9(27)24-15-12(25-19(21)22)6-14(31-17(15)16(29)13(28)8-26)18(30)23-7-10-3-2-4-11(20)5-10;3-2(4,5)1(6)7/h2-6,12-13,15-17,26,28-29H,7-8H2,1H3,(H,23,30)(H,24,27)(H4,21,22,25);(H,6,7)/t12-,13+,15+,16+,17+;/m0./s1. The van der Waals surface area contributed by atoms with E-state index in [1.165, 1.54) is 13.0 Å². The molecule has 1 aliphatic heterocycles. The molecule has 0 saturated carbocycles. The first kappa shape index (κ1) is 32.4. The number of halogens is 4. The second-order valence-corrected chi connectivity index (χ2v) is 8.18. The summed E-state index contributed by atoms with van der Waals surface area (Å²) in [5.41, 5.74) is 11.7. The summed E-state index contributed by atoms with van der Waals surface area (Å²) in [6.45, 7) is 0.588. The number of aliphatic carboxylic acids is 1. The van der Waals surface area contributed by atoms with E-state index >= 15 is 0 Å². The number of carboxylic acids is 1. The van der Waals surface area contributed by atoms with Gasteiger partial charge in [-0.05, 0) is 23.8 Å². The molecule has 0 aromatic heterocycles. The van der Waals surface area contributed by atoms with Crippen LogP contribution in [-0.4, -0.2) is 87.3 Å². The topological polar surface area (TPSA) is 230 Å². The van der Waals surface area contributed by atoms with Crippen LogP contribution in [0.5, 0.6) is 0 Å². The number of amides is 2. The SMILES string of the molecule is CC(=O)N[C@H]1[C@H]([C@H](O)[C@H](O)CO)OC(C(=O)NCc2cccc(Cl)c2)=C[C@@H]1N=C(N)N.O=C(O)C(F)(F)F. The molecule has 38 heavy (non-hydrogen) atoms. The van der Waals surface area contributed by atoms with Crippen molar-refractivity contribution in [3.8, 4) is 0 Å². The zero-order valence-corrected chi connectivity index (χ0v) is 20.5. The number of benzene rings is 1. The van der Waals surface area contributed by atoms with Crippen LogP contribution in [-0.2, 0) is 25.7 Å². The normalized spacial score (nSPS) is 20.3. The molecular weight excluding hydrogens is 543 g/mol. The Labute approximate surface area is 218 Å². The van der Waals surface area contributed by atoms with Crippen molar-refractivity contribution in [1.82, 2.24) is 10.6 Å². The van der Waals surface area contributed by atoms with Crippen LogP contribution in [0.15, 0.2) is 41.1 Å². The zero-order valence-electron chi connectivity index (χ0n) is 19.7. The highest BCUT2D eigenvalue weighted by atomic mass is 35.5. The van der Waals surface area contributed by atoms with Gasteiger partial charge in [-0.15, -0.1) is 0 Å². The highest BCUT2D eigenvalue weighted by Gasteiger charge is 2.43. The summed E-state index contributed by atoms with van der Waals surface area (Å²) in [6, 6.07) is 4.86. The first-order valence-electron chi connectivity index (χ1n) is 10.6. The van der Waals surface area contributed by atoms with Gasteiger partial charge in [0.1, 0.15) is 18.3 Å². The lowest BCUT2D eigenvalue weighted by molar-refractivity contribution is -0.192. The van der Waals surface area contributed by atoms with Gasteiger partial charge < -0.3 is 47.3 Å². The maximum atomic E-state index is 12.7. The van der Waals surface area contributed by atoms with E-state index in [9.17, 15) is 38.1 Å². The monoisotopic (exact) mass is 569 g/mol. The second-order valence-electron chi connectivity index (χ2n) is 7.74. The number of aliphatic hydroxyl groups excluding tert-OH is 3. The van der Waals surface area contributed by atoms with E-state index in [1.54, 1.807) is 24.3 Å². The van der Waals surface area contributed by atoms with Crippen molar-refractivity contribution in [3.63, 3.8) is 0 Å². The highest BCUT2D eigenvalue weighted by molar-refractivity contribution is 6.30. The second kappa shape index (κ2) is 14.4. The molecule has 17 heteroatoms. The summed E-state index contributed by atoms with van der Waals surface area (Å²) in [5, 5.41) is 42.4. The Hall–Kier alpha value is -3.60. The van der Waals surface area contributed by atoms with Gasteiger partial charge in [0.25, 0.3) is 5.91 Å². The zero-order chi connectivity index (χ0) is 29.2. The number of rotatable bonds is 8. The van der Waals surface area contributed by atoms with Crippen LogP contribution in [0.1, 0.15) is 12.5 Å². The maximum absolute atomic E-state index is 12.7. The lowest BCUT2D eigenvalue weighted by Crippen LogP contribution is -2.60. The molecule has 1 aliphatic rings. The van der Waals surface area contributed by atoms with Crippen molar-refractivity contribution in [1.29, 1.82) is 0 Å². The number of guanidine groups is 1. The number of aliphatic imine (C=N–C) groups is 1. The Morgan fingerprint density at radius 2 is 1.84 bits per heavy atom. The molecule has 2 rings (SSSR count). The fourth-order valence-corrected chi connectivity index (χ4v) is 3.27. The van der Waals surface area contributed by atoms with Gasteiger partial charge in [0.2, 0.25) is 5.91 Å². The van der Waals surface area contributed by atoms with Gasteiger partial charge in [-0.2, -0.15) is 13.2 Å². The summed E-state index contributed by atoms with van der Waals surface area (Å²) in [7, 11) is 0. The van der Waals surface area contributed by atoms with E-state index in [0.717, 1.165) is 5.56 Å². The van der Waals surface area contributed by atoms with Crippen LogP contribution in [0, 0.1) is 0 Å². The number of hydrogen-bond donors (Lipinski definition) is 8. The molecule has 2 amide bonds. The fraction of sp³-hybridized carbons (Fsp3) is 0.429. The molecule has 0 fully saturated rings. The van der Waals surface area contributed by atoms with E-state index in [-0.39, 0.29) is 18.3 Å². The molecule has 0 spiro atoms. The Kier molecular flexibility index (Phi) is 12.3. The van der Waals surface area contributed by atoms with Crippen molar-refractivity contribution < 1.29 is 52.7 Å². The van der Waals surface area contributed by atoms with E-state index in [1.807, 2.05) is 0 Å². The summed E-state index contributed by atoms with van der Waals surface area (Å²) in [5.74, 6) is -4.44. The van der Waals surface area contributed by atoms with E-state index in [4.69, 9.17) is 37.7 Å². The van der Waals surface area contributed by atoms with Crippen LogP contribution in [0.3, 0.4) is 0 Å². The van der Waals surface area contributed by atoms with Crippen LogP contribution in [0.2, 0.25) is 5.02 Å². The van der Waals surface area contributed by atoms with Gasteiger partial charge >= 0.3 is 12.1 Å². The lowest BCUT2D eigenvalue weighted by Gasteiger charge is -2.39. The first-order valence-corrected chi connectivity index (χ1v) is 11.0. The van der Waals surface area contributed by atoms with E-state index in [2.05, 4.69) is 15.6 Å². The van der Waals surface area contributed by atoms with Crippen molar-refractivity contribution in [2.75, 3.05) is 6.61 Å². The van der Waals surface area contributed by atoms with Crippen LogP contribution in [0.4, 0.5) is 13.2 Å². The largest absolute Gasteiger partial charge is 0.490 e. The average molecular weight is 570 g/mol. The maximum Gasteiger partial charge on any atom is 0.490 e. The molecule has 0 saturated heterocycles. The number of nitrogens with one attached hydrogen (secondary N) is 2. The van der Waals surface area contributed by atoms with Crippen molar-refractivity contribution >= 4 is 35.3 Å². The Morgan fingerprint density at radius 1 is 1.24 bits per heavy atom. The number of nitrogens with two attached hydrogens (primary N) is 2. The molecule has 0 unspecified atom stereocenters. The number of hydrogen-bond acceptors (Lipinski definition) is 8. The molecule has 1 heterocycles. The molecule has 10 N–H and O–H groups in total. The third-order valence-electron chi connectivity index (χ3n) is 4.70. The van der Waals surface area contributed by atoms with E-state index in [0.29, 0.717) is 5.02 Å². The highest BCUT2D eigenvalue weighted by Crippen LogP contribution is 2.25. The molecular formula is C21H27ClF3N5O8. The van der Waals surface area contributed by atoms with Gasteiger partial charge in [0.15, 0.2) is 11.7 Å². The van der Waals surface area contributed by atoms with Gasteiger partial charge in [0, 0.05) is 18.5 Å². The molecule has 212 valence electrons. The molecule has 0 radical (unpaired) electrons. The van der Waals surface area contributed by atoms with Crippen LogP contribution < -0.4 is 22.1 Å². The predicted octanol–water partition coefficient (Wildman–Crippen LogP) is -1.27. The number of nitrogens with zero attached hydrogens (tertiary/aromatic N) is 1. The summed E-state index contributed by atoms with van der Waals surface area (Å²) in [4.78, 5) is 37.3. The molecule has 5 atom stereocenters. The Balaban J connectivity index is 0.000000905. The minimum atomic E-state index is -5.08. The Bertz CT molecular complexity index is 1050. The third kappa shape index (κ3) is 10.4. The molecule has 0 bridgehead atoms. The third-order valence-corrected chi connectivity index (χ3v) is 4.94. The van der Waals surface area contributed by atoms with Gasteiger partial charge in [-0.25, -0.2) is 9.79 Å². The molecule has 1 aromatic carbocycles. The summed E-state index contributed by atoms with van der Waals surface area (Å²) in [6.07, 6.45) is -8.39. The van der Waals surface area contributed by atoms with Crippen molar-refractivity contribution in [2.45, 2.75) is 50.0 Å². The van der Waals surface area contributed by atoms with Crippen LogP contribution in [0.25, 0.3) is 0 Å². The summed E-state index contributed by atoms with van der Waals surface area (Å²) < 4.78 is 37.3. The van der Waals surface area contributed by atoms with Crippen molar-refractivity contribution in [2.24, 2.45) is 16.5 Å². The number of ether oxygens (including phenoxy) is 1. The fourth-order valence-electron chi connectivity index (χ4n) is 3.06.